The Bertz CT molecular complexity index is 877. The fraction of sp³-hybridized carbons (Fsp3) is 0.211. The Morgan fingerprint density at radius 3 is 2.74 bits per heavy atom. The van der Waals surface area contributed by atoms with Crippen LogP contribution in [0.4, 0.5) is 5.69 Å². The van der Waals surface area contributed by atoms with E-state index in [1.54, 1.807) is 0 Å². The van der Waals surface area contributed by atoms with Gasteiger partial charge in [-0.1, -0.05) is 18.2 Å². The van der Waals surface area contributed by atoms with Crippen LogP contribution in [0.15, 0.2) is 42.5 Å². The average Bonchev–Trinajstić information content (AvgIpc) is 2.99. The third-order valence-corrected chi connectivity index (χ3v) is 4.35. The molecule has 0 radical (unpaired) electrons. The number of aryl methyl sites for hydroxylation is 2. The fourth-order valence-corrected chi connectivity index (χ4v) is 3.14. The Morgan fingerprint density at radius 2 is 1.91 bits per heavy atom. The largest absolute Gasteiger partial charge is 0.457 e. The van der Waals surface area contributed by atoms with Crippen LogP contribution >= 0.6 is 12.4 Å². The fourth-order valence-electron chi connectivity index (χ4n) is 3.14. The second-order valence-electron chi connectivity index (χ2n) is 5.85. The summed E-state index contributed by atoms with van der Waals surface area (Å²) in [4.78, 5) is 4.75. The highest BCUT2D eigenvalue weighted by atomic mass is 35.5. The topological polar surface area (TPSA) is 48.1 Å². The highest BCUT2D eigenvalue weighted by Gasteiger charge is 2.18. The van der Waals surface area contributed by atoms with Crippen molar-refractivity contribution in [2.45, 2.75) is 26.2 Å². The zero-order valence-electron chi connectivity index (χ0n) is 13.0. The summed E-state index contributed by atoms with van der Waals surface area (Å²) in [5.74, 6) is 1.67. The van der Waals surface area contributed by atoms with Gasteiger partial charge in [-0.05, 0) is 61.6 Å². The number of rotatable bonds is 2. The van der Waals surface area contributed by atoms with Gasteiger partial charge in [0.25, 0.3) is 0 Å². The van der Waals surface area contributed by atoms with Gasteiger partial charge in [-0.15, -0.1) is 12.4 Å². The molecule has 3 aromatic rings. The molecule has 0 fully saturated rings. The van der Waals surface area contributed by atoms with Crippen molar-refractivity contribution >= 4 is 29.0 Å². The minimum Gasteiger partial charge on any atom is -0.457 e. The van der Waals surface area contributed by atoms with Crippen LogP contribution < -0.4 is 10.5 Å². The van der Waals surface area contributed by atoms with Crippen molar-refractivity contribution in [3.8, 4) is 11.5 Å². The standard InChI is InChI=1S/C19H18N2O.ClH/c1-12-5-2-3-8-18(12)22-13-9-10-17-15(11-13)19(20)14-6-4-7-16(14)21-17;/h2-3,5,8-11H,4,6-7H2,1H3,(H2,20,21);1H. The summed E-state index contributed by atoms with van der Waals surface area (Å²) in [6.07, 6.45) is 3.22. The molecule has 1 heterocycles. The van der Waals surface area contributed by atoms with Crippen molar-refractivity contribution in [2.24, 2.45) is 0 Å². The number of nitrogen functional groups attached to an aromatic ring is 1. The summed E-state index contributed by atoms with van der Waals surface area (Å²) in [6, 6.07) is 14.0. The minimum atomic E-state index is 0. The first-order valence-corrected chi connectivity index (χ1v) is 7.67. The average molecular weight is 327 g/mol. The van der Waals surface area contributed by atoms with E-state index in [9.17, 15) is 0 Å². The molecule has 0 bridgehead atoms. The van der Waals surface area contributed by atoms with E-state index in [1.807, 2.05) is 49.4 Å². The van der Waals surface area contributed by atoms with Gasteiger partial charge >= 0.3 is 0 Å². The maximum Gasteiger partial charge on any atom is 0.130 e. The van der Waals surface area contributed by atoms with E-state index in [-0.39, 0.29) is 12.4 Å². The predicted octanol–water partition coefficient (Wildman–Crippen LogP) is 4.83. The van der Waals surface area contributed by atoms with Crippen molar-refractivity contribution < 1.29 is 4.74 Å². The number of hydrogen-bond acceptors (Lipinski definition) is 3. The third-order valence-electron chi connectivity index (χ3n) is 4.35. The zero-order valence-corrected chi connectivity index (χ0v) is 13.8. The van der Waals surface area contributed by atoms with Gasteiger partial charge in [0.2, 0.25) is 0 Å². The molecule has 0 amide bonds. The lowest BCUT2D eigenvalue weighted by Gasteiger charge is -2.12. The molecule has 0 saturated heterocycles. The number of fused-ring (bicyclic) bond motifs is 2. The normalized spacial score (nSPS) is 12.7. The van der Waals surface area contributed by atoms with E-state index in [0.717, 1.165) is 58.6 Å². The summed E-state index contributed by atoms with van der Waals surface area (Å²) in [5.41, 5.74) is 11.7. The second-order valence-corrected chi connectivity index (χ2v) is 5.85. The number of nitrogens with two attached hydrogens (primary N) is 1. The number of halogens is 1. The molecule has 2 N–H and O–H groups in total. The van der Waals surface area contributed by atoms with Crippen LogP contribution in [0.3, 0.4) is 0 Å². The van der Waals surface area contributed by atoms with E-state index in [0.29, 0.717) is 0 Å². The molecule has 1 aliphatic carbocycles. The van der Waals surface area contributed by atoms with Crippen LogP contribution in [-0.2, 0) is 12.8 Å². The summed E-state index contributed by atoms with van der Waals surface area (Å²) in [6.45, 7) is 2.04. The number of pyridine rings is 1. The van der Waals surface area contributed by atoms with Crippen molar-refractivity contribution in [3.63, 3.8) is 0 Å². The lowest BCUT2D eigenvalue weighted by Crippen LogP contribution is -1.98. The maximum atomic E-state index is 6.37. The van der Waals surface area contributed by atoms with Crippen molar-refractivity contribution in [2.75, 3.05) is 5.73 Å². The summed E-state index contributed by atoms with van der Waals surface area (Å²) in [5, 5.41) is 0.992. The van der Waals surface area contributed by atoms with E-state index in [2.05, 4.69) is 0 Å². The first-order valence-electron chi connectivity index (χ1n) is 7.67. The first-order chi connectivity index (χ1) is 10.7. The monoisotopic (exact) mass is 326 g/mol. The van der Waals surface area contributed by atoms with Crippen LogP contribution in [0.25, 0.3) is 10.9 Å². The number of nitrogens with zero attached hydrogens (tertiary/aromatic N) is 1. The molecule has 0 aliphatic heterocycles. The molecule has 118 valence electrons. The van der Waals surface area contributed by atoms with Crippen LogP contribution in [0.1, 0.15) is 23.2 Å². The van der Waals surface area contributed by atoms with Gasteiger partial charge in [0, 0.05) is 16.8 Å². The number of benzene rings is 2. The van der Waals surface area contributed by atoms with Gasteiger partial charge in [-0.25, -0.2) is 0 Å². The molecule has 0 spiro atoms. The van der Waals surface area contributed by atoms with Crippen LogP contribution in [0.2, 0.25) is 0 Å². The SMILES string of the molecule is Cc1ccccc1Oc1ccc2nc3c(c(N)c2c1)CCC3.Cl. The van der Waals surface area contributed by atoms with Gasteiger partial charge < -0.3 is 10.5 Å². The number of ether oxygens (including phenoxy) is 1. The molecule has 2 aromatic carbocycles. The zero-order chi connectivity index (χ0) is 15.1. The molecular formula is C19H19ClN2O. The summed E-state index contributed by atoms with van der Waals surface area (Å²) in [7, 11) is 0. The highest BCUT2D eigenvalue weighted by Crippen LogP contribution is 2.34. The van der Waals surface area contributed by atoms with Crippen LogP contribution in [0, 0.1) is 6.92 Å². The molecule has 0 atom stereocenters. The molecular weight excluding hydrogens is 308 g/mol. The maximum absolute atomic E-state index is 6.37. The number of anilines is 1. The lowest BCUT2D eigenvalue weighted by atomic mass is 10.1. The van der Waals surface area contributed by atoms with E-state index in [1.165, 1.54) is 5.56 Å². The number of hydrogen-bond donors (Lipinski definition) is 1. The smallest absolute Gasteiger partial charge is 0.130 e. The third kappa shape index (κ3) is 2.73. The van der Waals surface area contributed by atoms with Crippen molar-refractivity contribution in [3.05, 3.63) is 59.3 Å². The summed E-state index contributed by atoms with van der Waals surface area (Å²) >= 11 is 0. The van der Waals surface area contributed by atoms with E-state index >= 15 is 0 Å². The minimum absolute atomic E-state index is 0. The molecule has 4 heteroatoms. The van der Waals surface area contributed by atoms with Gasteiger partial charge in [0.05, 0.1) is 5.52 Å². The quantitative estimate of drug-likeness (QED) is 0.733. The van der Waals surface area contributed by atoms with Crippen molar-refractivity contribution in [1.82, 2.24) is 4.98 Å². The van der Waals surface area contributed by atoms with Crippen molar-refractivity contribution in [1.29, 1.82) is 0 Å². The predicted molar refractivity (Wildman–Crippen MR) is 96.7 cm³/mol. The molecule has 1 aromatic heterocycles. The van der Waals surface area contributed by atoms with E-state index in [4.69, 9.17) is 15.5 Å². The van der Waals surface area contributed by atoms with Gasteiger partial charge in [-0.3, -0.25) is 4.98 Å². The molecule has 0 saturated carbocycles. The first kappa shape index (κ1) is 15.6. The Morgan fingerprint density at radius 1 is 1.09 bits per heavy atom. The lowest BCUT2D eigenvalue weighted by molar-refractivity contribution is 0.479. The molecule has 23 heavy (non-hydrogen) atoms. The highest BCUT2D eigenvalue weighted by molar-refractivity contribution is 5.93. The Hall–Kier alpha value is -2.26. The van der Waals surface area contributed by atoms with Gasteiger partial charge in [0.1, 0.15) is 11.5 Å². The van der Waals surface area contributed by atoms with Gasteiger partial charge in [0.15, 0.2) is 0 Å². The molecule has 4 rings (SSSR count). The number of para-hydroxylation sites is 1. The Kier molecular flexibility index (Phi) is 4.14. The number of aromatic nitrogens is 1. The molecule has 3 nitrogen and oxygen atoms in total. The Labute approximate surface area is 141 Å². The van der Waals surface area contributed by atoms with E-state index < -0.39 is 0 Å². The molecule has 1 aliphatic rings. The van der Waals surface area contributed by atoms with Crippen LogP contribution in [-0.4, -0.2) is 4.98 Å². The van der Waals surface area contributed by atoms with Gasteiger partial charge in [-0.2, -0.15) is 0 Å². The van der Waals surface area contributed by atoms with Crippen LogP contribution in [0.5, 0.6) is 11.5 Å². The molecule has 0 unspecified atom stereocenters. The Balaban J connectivity index is 0.00000156. The second kappa shape index (κ2) is 6.09. The summed E-state index contributed by atoms with van der Waals surface area (Å²) < 4.78 is 6.01.